The highest BCUT2D eigenvalue weighted by Crippen LogP contribution is 2.40. The molecule has 15 nitrogen and oxygen atoms in total. The molecule has 6 aliphatic rings. The highest BCUT2D eigenvalue weighted by atomic mass is 19.4. The lowest BCUT2D eigenvalue weighted by molar-refractivity contribution is -0.137. The lowest BCUT2D eigenvalue weighted by Crippen LogP contribution is -2.54. The van der Waals surface area contributed by atoms with E-state index in [1.54, 1.807) is 12.1 Å². The van der Waals surface area contributed by atoms with Crippen molar-refractivity contribution in [1.82, 2.24) is 25.0 Å². The van der Waals surface area contributed by atoms with Crippen molar-refractivity contribution in [1.29, 1.82) is 0 Å². The van der Waals surface area contributed by atoms with Crippen LogP contribution in [0.3, 0.4) is 0 Å². The minimum absolute atomic E-state index is 0.0883. The summed E-state index contributed by atoms with van der Waals surface area (Å²) in [6.07, 6.45) is 2.76. The first-order chi connectivity index (χ1) is 31.8. The normalized spacial score (nSPS) is 22.9. The van der Waals surface area contributed by atoms with Crippen molar-refractivity contribution in [3.63, 3.8) is 0 Å². The molecule has 2 N–H and O–H groups in total. The minimum atomic E-state index is -4.61. The molecule has 0 radical (unpaired) electrons. The van der Waals surface area contributed by atoms with E-state index in [1.807, 2.05) is 29.3 Å². The predicted molar refractivity (Wildman–Crippen MR) is 241 cm³/mol. The molecule has 2 atom stereocenters. The maximum atomic E-state index is 13.5. The molecule has 18 heteroatoms. The van der Waals surface area contributed by atoms with Gasteiger partial charge in [0.15, 0.2) is 5.69 Å². The van der Waals surface area contributed by atoms with Gasteiger partial charge in [0.2, 0.25) is 17.7 Å². The monoisotopic (exact) mass is 908 g/mol. The van der Waals surface area contributed by atoms with Crippen LogP contribution in [0.15, 0.2) is 54.7 Å². The molecule has 5 fully saturated rings. The topological polar surface area (TPSA) is 146 Å². The number of nitrogens with one attached hydrogen (secondary N) is 2. The van der Waals surface area contributed by atoms with Crippen molar-refractivity contribution < 1.29 is 37.1 Å². The number of fused-ring (bicyclic) bond motifs is 1. The third-order valence-corrected chi connectivity index (χ3v) is 14.4. The molecule has 6 aliphatic heterocycles. The van der Waals surface area contributed by atoms with Crippen molar-refractivity contribution in [2.75, 3.05) is 98.6 Å². The number of amides is 5. The van der Waals surface area contributed by atoms with Crippen LogP contribution in [-0.2, 0) is 20.6 Å². The Kier molecular flexibility index (Phi) is 13.0. The number of alkyl halides is 3. The first kappa shape index (κ1) is 45.1. The Labute approximate surface area is 382 Å². The van der Waals surface area contributed by atoms with Crippen LogP contribution in [0.4, 0.5) is 41.7 Å². The van der Waals surface area contributed by atoms with Crippen LogP contribution in [0, 0.1) is 24.3 Å². The number of imide groups is 2. The van der Waals surface area contributed by atoms with E-state index in [1.165, 1.54) is 12.1 Å². The van der Waals surface area contributed by atoms with E-state index in [0.29, 0.717) is 60.4 Å². The van der Waals surface area contributed by atoms with Crippen molar-refractivity contribution in [3.05, 3.63) is 82.8 Å². The number of pyridine rings is 1. The summed E-state index contributed by atoms with van der Waals surface area (Å²) < 4.78 is 40.5. The lowest BCUT2D eigenvalue weighted by atomic mass is 9.95. The molecule has 3 aromatic rings. The molecule has 5 amide bonds. The fraction of sp³-hybridized carbons (Fsp3) is 0.521. The zero-order valence-corrected chi connectivity index (χ0v) is 36.9. The summed E-state index contributed by atoms with van der Waals surface area (Å²) in [7, 11) is 0. The number of aromatic nitrogens is 1. The van der Waals surface area contributed by atoms with Crippen LogP contribution in [-0.4, -0.2) is 134 Å². The predicted octanol–water partition coefficient (Wildman–Crippen LogP) is 5.66. The summed E-state index contributed by atoms with van der Waals surface area (Å²) in [5.41, 5.74) is 1.58. The summed E-state index contributed by atoms with van der Waals surface area (Å²) >= 11 is 0. The van der Waals surface area contributed by atoms with Gasteiger partial charge in [-0.3, -0.25) is 34.2 Å². The standard InChI is InChI=1S/C48H55F3N10O5/c1-52-40-8-5-35(26-39(40)48(49,50)51)58-19-14-33(15-20-58)44(63)54-42-10-6-36(27-53-42)59-17-12-31(13-18-59)28-56-21-23-57(24-22-56)29-32-3-2-16-60(30-32)34-4-7-37-38(25-34)47(66)61(46(37)65)41-9-11-43(62)55-45(41)64/h4-8,10,25-27,31-33,41H,2-3,9,11-24,28-30H2,(H,53,54,63)(H,55,62,64)/t32-,41?/m1/s1. The van der Waals surface area contributed by atoms with E-state index in [-0.39, 0.29) is 24.7 Å². The third-order valence-electron chi connectivity index (χ3n) is 14.4. The Hall–Kier alpha value is -6.06. The molecule has 9 rings (SSSR count). The smallest absolute Gasteiger partial charge is 0.372 e. The van der Waals surface area contributed by atoms with Gasteiger partial charge in [0.1, 0.15) is 11.9 Å². The molecule has 0 aliphatic carbocycles. The molecular weight excluding hydrogens is 854 g/mol. The number of rotatable bonds is 10. The number of hydrogen-bond acceptors (Lipinski definition) is 11. The largest absolute Gasteiger partial charge is 0.407 e. The van der Waals surface area contributed by atoms with Gasteiger partial charge in [-0.05, 0) is 99.2 Å². The molecular formula is C48H55F3N10O5. The van der Waals surface area contributed by atoms with E-state index in [0.717, 1.165) is 113 Å². The molecule has 348 valence electrons. The quantitative estimate of drug-likeness (QED) is 0.192. The number of piperidine rings is 4. The zero-order valence-electron chi connectivity index (χ0n) is 36.9. The van der Waals surface area contributed by atoms with Crippen LogP contribution in [0.25, 0.3) is 4.85 Å². The lowest BCUT2D eigenvalue weighted by Gasteiger charge is -2.41. The zero-order chi connectivity index (χ0) is 46.1. The number of halogens is 3. The molecule has 0 spiro atoms. The van der Waals surface area contributed by atoms with Gasteiger partial charge in [0.05, 0.1) is 35.1 Å². The van der Waals surface area contributed by atoms with Gasteiger partial charge < -0.3 is 29.8 Å². The fourth-order valence-corrected chi connectivity index (χ4v) is 10.7. The molecule has 0 saturated carbocycles. The van der Waals surface area contributed by atoms with Gasteiger partial charge in [-0.1, -0.05) is 6.07 Å². The highest BCUT2D eigenvalue weighted by Gasteiger charge is 2.45. The first-order valence-electron chi connectivity index (χ1n) is 23.2. The number of nitrogens with zero attached hydrogens (tertiary/aromatic N) is 8. The molecule has 2 aromatic carbocycles. The van der Waals surface area contributed by atoms with Crippen molar-refractivity contribution in [2.24, 2.45) is 17.8 Å². The number of benzene rings is 2. The summed E-state index contributed by atoms with van der Waals surface area (Å²) in [5, 5.41) is 5.18. The number of carbonyl (C=O) groups excluding carboxylic acids is 5. The Balaban J connectivity index is 0.679. The molecule has 1 aromatic heterocycles. The molecule has 1 unspecified atom stereocenters. The fourth-order valence-electron chi connectivity index (χ4n) is 10.7. The maximum absolute atomic E-state index is 13.5. The average Bonchev–Trinajstić information content (AvgIpc) is 3.57. The van der Waals surface area contributed by atoms with Crippen LogP contribution in [0.5, 0.6) is 0 Å². The second kappa shape index (κ2) is 19.0. The van der Waals surface area contributed by atoms with E-state index < -0.39 is 47.1 Å². The van der Waals surface area contributed by atoms with Crippen LogP contribution in [0.1, 0.15) is 77.6 Å². The second-order valence-corrected chi connectivity index (χ2v) is 18.6. The number of hydrogen-bond donors (Lipinski definition) is 2. The Morgan fingerprint density at radius 3 is 2.03 bits per heavy atom. The first-order valence-corrected chi connectivity index (χ1v) is 23.2. The SMILES string of the molecule is [C-]#[N+]c1ccc(N2CCC(C(=O)Nc3ccc(N4CCC(CN5CCN(C[C@H]6CCCN(c7ccc8c(c7)C(=O)N(C7CCC(=O)NC7=O)C8=O)C6)CC5)CC4)cn3)CC2)cc1C(F)(F)F. The summed E-state index contributed by atoms with van der Waals surface area (Å²) in [6.45, 7) is 17.8. The summed E-state index contributed by atoms with van der Waals surface area (Å²) in [6, 6.07) is 12.0. The van der Waals surface area contributed by atoms with Gasteiger partial charge in [0, 0.05) is 102 Å². The highest BCUT2D eigenvalue weighted by molar-refractivity contribution is 6.23. The average molecular weight is 909 g/mol. The van der Waals surface area contributed by atoms with Crippen LogP contribution >= 0.6 is 0 Å². The Morgan fingerprint density at radius 2 is 1.36 bits per heavy atom. The van der Waals surface area contributed by atoms with Gasteiger partial charge in [0.25, 0.3) is 11.8 Å². The maximum Gasteiger partial charge on any atom is 0.407 e. The van der Waals surface area contributed by atoms with Crippen LogP contribution in [0.2, 0.25) is 0 Å². The Bertz CT molecular complexity index is 2380. The van der Waals surface area contributed by atoms with E-state index in [9.17, 15) is 37.1 Å². The van der Waals surface area contributed by atoms with Gasteiger partial charge in [-0.25, -0.2) is 9.83 Å². The second-order valence-electron chi connectivity index (χ2n) is 18.6. The van der Waals surface area contributed by atoms with E-state index in [4.69, 9.17) is 6.57 Å². The Morgan fingerprint density at radius 1 is 0.727 bits per heavy atom. The van der Waals surface area contributed by atoms with Gasteiger partial charge >= 0.3 is 6.18 Å². The molecule has 66 heavy (non-hydrogen) atoms. The van der Waals surface area contributed by atoms with Gasteiger partial charge in [-0.2, -0.15) is 13.2 Å². The third kappa shape index (κ3) is 9.73. The summed E-state index contributed by atoms with van der Waals surface area (Å²) in [5.74, 6) is -0.824. The number of piperazine rings is 1. The number of carbonyl (C=O) groups is 5. The molecule has 0 bridgehead atoms. The van der Waals surface area contributed by atoms with E-state index in [2.05, 4.69) is 40.1 Å². The van der Waals surface area contributed by atoms with Crippen molar-refractivity contribution >= 4 is 58.1 Å². The number of anilines is 4. The van der Waals surface area contributed by atoms with Crippen molar-refractivity contribution in [2.45, 2.75) is 63.6 Å². The minimum Gasteiger partial charge on any atom is -0.372 e. The molecule has 7 heterocycles. The van der Waals surface area contributed by atoms with Crippen molar-refractivity contribution in [3.8, 4) is 0 Å². The molecule has 5 saturated heterocycles. The van der Waals surface area contributed by atoms with Gasteiger partial charge in [-0.15, -0.1) is 0 Å². The van der Waals surface area contributed by atoms with Crippen LogP contribution < -0.4 is 25.3 Å². The summed E-state index contributed by atoms with van der Waals surface area (Å²) in [4.78, 5) is 84.2. The van der Waals surface area contributed by atoms with E-state index >= 15 is 0 Å².